The number of carbonyl (C=O) groups is 2. The number of amides is 1. The van der Waals surface area contributed by atoms with Crippen LogP contribution >= 0.6 is 0 Å². The number of fused-ring (bicyclic) bond motifs is 1. The highest BCUT2D eigenvalue weighted by molar-refractivity contribution is 5.78. The van der Waals surface area contributed by atoms with Crippen LogP contribution in [-0.4, -0.2) is 64.0 Å². The molecule has 222 valence electrons. The number of benzene rings is 1. The molecule has 3 saturated carbocycles. The van der Waals surface area contributed by atoms with Crippen molar-refractivity contribution < 1.29 is 46.1 Å². The molecule has 1 heterocycles. The lowest BCUT2D eigenvalue weighted by molar-refractivity contribution is -0.192. The lowest BCUT2D eigenvalue weighted by atomic mass is 9.79. The van der Waals surface area contributed by atoms with Crippen LogP contribution in [-0.2, 0) is 19.1 Å². The number of carboxylic acids is 1. The second-order valence-corrected chi connectivity index (χ2v) is 10.8. The second kappa shape index (κ2) is 12.0. The smallest absolute Gasteiger partial charge is 0.475 e. The molecule has 5 rings (SSSR count). The van der Waals surface area contributed by atoms with Crippen LogP contribution in [0.25, 0.3) is 11.0 Å². The molecule has 0 bridgehead atoms. The van der Waals surface area contributed by atoms with Crippen molar-refractivity contribution in [3.8, 4) is 0 Å². The Morgan fingerprint density at radius 2 is 1.82 bits per heavy atom. The summed E-state index contributed by atoms with van der Waals surface area (Å²) in [5.74, 6) is -5.20. The van der Waals surface area contributed by atoms with E-state index in [9.17, 15) is 26.7 Å². The molecular weight excluding hydrogens is 543 g/mol. The number of rotatable bonds is 11. The molecule has 1 aromatic heterocycles. The van der Waals surface area contributed by atoms with Crippen molar-refractivity contribution in [1.82, 2.24) is 15.3 Å². The Bertz CT molecular complexity index is 1190. The monoisotopic (exact) mass is 576 g/mol. The molecule has 2 aromatic rings. The van der Waals surface area contributed by atoms with E-state index in [1.54, 1.807) is 0 Å². The maximum atomic E-state index is 13.1. The fourth-order valence-electron chi connectivity index (χ4n) is 4.36. The number of carbonyl (C=O) groups excluding carboxylic acids is 1. The van der Waals surface area contributed by atoms with Gasteiger partial charge in [-0.3, -0.25) is 4.79 Å². The van der Waals surface area contributed by atoms with Gasteiger partial charge in [0, 0.05) is 19.3 Å². The van der Waals surface area contributed by atoms with E-state index >= 15 is 0 Å². The predicted octanol–water partition coefficient (Wildman–Crippen LogP) is 4.54. The molecule has 0 saturated heterocycles. The first-order valence-corrected chi connectivity index (χ1v) is 13.2. The van der Waals surface area contributed by atoms with Crippen LogP contribution in [0.3, 0.4) is 0 Å². The van der Waals surface area contributed by atoms with Gasteiger partial charge in [0.15, 0.2) is 0 Å². The van der Waals surface area contributed by atoms with Gasteiger partial charge in [-0.15, -0.1) is 0 Å². The third-order valence-electron chi connectivity index (χ3n) is 6.93. The van der Waals surface area contributed by atoms with E-state index in [-0.39, 0.29) is 55.4 Å². The van der Waals surface area contributed by atoms with E-state index in [4.69, 9.17) is 25.1 Å². The molecule has 1 amide bonds. The largest absolute Gasteiger partial charge is 0.490 e. The summed E-state index contributed by atoms with van der Waals surface area (Å²) >= 11 is 0. The fourth-order valence-corrected chi connectivity index (χ4v) is 4.36. The van der Waals surface area contributed by atoms with Crippen molar-refractivity contribution in [3.05, 3.63) is 29.6 Å². The van der Waals surface area contributed by atoms with Crippen molar-refractivity contribution in [1.29, 1.82) is 0 Å². The molecule has 14 heteroatoms. The molecular formula is C26H33F5N4O5. The maximum absolute atomic E-state index is 13.1. The number of aromatic nitrogens is 2. The minimum atomic E-state index is -5.08. The van der Waals surface area contributed by atoms with Gasteiger partial charge in [0.2, 0.25) is 11.8 Å². The minimum absolute atomic E-state index is 0.109. The standard InChI is InChI=1S/C24H32F2N4O3.C2HF3O2/c1-13(33-17-5-6-17)22(27)23-29-18-7-2-15(9-19(18)30-23)20(12-32-16-3-4-16)28-21(31)8-14-10-24(25,26)11-14;3-2(4,5)1(6)7/h2,7,9,13-14,16-17,20,22H,3-6,8,10-12,27H2,1H3,(H,28,31)(H,29,30);(H,6,7)/t13-,20-,22+;/m1./s1. The van der Waals surface area contributed by atoms with E-state index in [0.29, 0.717) is 18.5 Å². The summed E-state index contributed by atoms with van der Waals surface area (Å²) in [5, 5.41) is 10.1. The topological polar surface area (TPSA) is 140 Å². The van der Waals surface area contributed by atoms with Crippen LogP contribution in [0.2, 0.25) is 0 Å². The number of alkyl halides is 5. The number of carboxylic acid groups (broad SMARTS) is 1. The molecule has 40 heavy (non-hydrogen) atoms. The Balaban J connectivity index is 0.000000470. The highest BCUT2D eigenvalue weighted by Crippen LogP contribution is 2.44. The lowest BCUT2D eigenvalue weighted by Gasteiger charge is -2.34. The molecule has 9 nitrogen and oxygen atoms in total. The van der Waals surface area contributed by atoms with Gasteiger partial charge >= 0.3 is 12.1 Å². The van der Waals surface area contributed by atoms with Crippen LogP contribution in [0.15, 0.2) is 18.2 Å². The first-order valence-electron chi connectivity index (χ1n) is 13.2. The van der Waals surface area contributed by atoms with Gasteiger partial charge < -0.3 is 30.6 Å². The summed E-state index contributed by atoms with van der Waals surface area (Å²) in [6.07, 6.45) is -0.779. The highest BCUT2D eigenvalue weighted by Gasteiger charge is 2.45. The van der Waals surface area contributed by atoms with Gasteiger partial charge in [-0.25, -0.2) is 18.6 Å². The van der Waals surface area contributed by atoms with Crippen LogP contribution in [0, 0.1) is 5.92 Å². The Morgan fingerprint density at radius 3 is 2.38 bits per heavy atom. The third kappa shape index (κ3) is 8.58. The summed E-state index contributed by atoms with van der Waals surface area (Å²) in [4.78, 5) is 29.4. The number of nitrogens with zero attached hydrogens (tertiary/aromatic N) is 1. The summed E-state index contributed by atoms with van der Waals surface area (Å²) in [6.45, 7) is 2.30. The quantitative estimate of drug-likeness (QED) is 0.288. The number of aliphatic carboxylic acids is 1. The first kappa shape index (κ1) is 30.1. The number of nitrogens with two attached hydrogens (primary N) is 1. The zero-order chi connectivity index (χ0) is 29.2. The van der Waals surface area contributed by atoms with Crippen LogP contribution in [0.5, 0.6) is 0 Å². The van der Waals surface area contributed by atoms with Gasteiger partial charge in [0.05, 0.1) is 48.0 Å². The lowest BCUT2D eigenvalue weighted by Crippen LogP contribution is -2.40. The van der Waals surface area contributed by atoms with Crippen molar-refractivity contribution in [2.24, 2.45) is 11.7 Å². The first-order chi connectivity index (χ1) is 18.7. The molecule has 3 aliphatic rings. The highest BCUT2D eigenvalue weighted by atomic mass is 19.4. The molecule has 0 radical (unpaired) electrons. The fraction of sp³-hybridized carbons (Fsp3) is 0.654. The van der Waals surface area contributed by atoms with Crippen LogP contribution in [0.4, 0.5) is 22.0 Å². The van der Waals surface area contributed by atoms with E-state index in [0.717, 1.165) is 42.3 Å². The van der Waals surface area contributed by atoms with Crippen LogP contribution < -0.4 is 11.1 Å². The summed E-state index contributed by atoms with van der Waals surface area (Å²) < 4.78 is 69.8. The number of ether oxygens (including phenoxy) is 2. The molecule has 5 N–H and O–H groups in total. The number of nitrogens with one attached hydrogen (secondary N) is 2. The van der Waals surface area contributed by atoms with E-state index in [1.807, 2.05) is 25.1 Å². The Hall–Kier alpha value is -2.84. The Labute approximate surface area is 227 Å². The van der Waals surface area contributed by atoms with Crippen molar-refractivity contribution >= 4 is 22.9 Å². The summed E-state index contributed by atoms with van der Waals surface area (Å²) in [5.41, 5.74) is 8.84. The molecule has 0 aliphatic heterocycles. The second-order valence-electron chi connectivity index (χ2n) is 10.8. The molecule has 0 unspecified atom stereocenters. The average Bonchev–Trinajstić information content (AvgIpc) is 3.78. The van der Waals surface area contributed by atoms with Crippen molar-refractivity contribution in [2.45, 2.75) is 94.4 Å². The molecule has 1 aromatic carbocycles. The maximum Gasteiger partial charge on any atom is 0.490 e. The minimum Gasteiger partial charge on any atom is -0.475 e. The van der Waals surface area contributed by atoms with Gasteiger partial charge in [0.25, 0.3) is 0 Å². The van der Waals surface area contributed by atoms with Crippen molar-refractivity contribution in [2.75, 3.05) is 6.61 Å². The SMILES string of the molecule is C[C@@H](OC1CC1)[C@H](N)c1nc2cc([C@@H](COC3CC3)NC(=O)CC3CC(F)(F)C3)ccc2[nH]1.O=C(O)C(F)(F)F. The summed E-state index contributed by atoms with van der Waals surface area (Å²) in [7, 11) is 0. The number of imidazole rings is 1. The number of hydrogen-bond acceptors (Lipinski definition) is 6. The number of hydrogen-bond donors (Lipinski definition) is 4. The van der Waals surface area contributed by atoms with Gasteiger partial charge in [-0.2, -0.15) is 13.2 Å². The van der Waals surface area contributed by atoms with Gasteiger partial charge in [0.1, 0.15) is 5.82 Å². The van der Waals surface area contributed by atoms with Gasteiger partial charge in [-0.1, -0.05) is 6.07 Å². The van der Waals surface area contributed by atoms with E-state index < -0.39 is 18.1 Å². The number of halogens is 5. The number of H-pyrrole nitrogens is 1. The zero-order valence-corrected chi connectivity index (χ0v) is 21.8. The molecule has 3 fully saturated rings. The molecule has 0 spiro atoms. The van der Waals surface area contributed by atoms with E-state index in [1.165, 1.54) is 0 Å². The average molecular weight is 577 g/mol. The van der Waals surface area contributed by atoms with Crippen LogP contribution in [0.1, 0.15) is 75.3 Å². The van der Waals surface area contributed by atoms with Gasteiger partial charge in [-0.05, 0) is 56.2 Å². The number of aromatic amines is 1. The third-order valence-corrected chi connectivity index (χ3v) is 6.93. The molecule has 3 atom stereocenters. The zero-order valence-electron chi connectivity index (χ0n) is 21.8. The molecule has 3 aliphatic carbocycles. The van der Waals surface area contributed by atoms with E-state index in [2.05, 4.69) is 15.3 Å². The predicted molar refractivity (Wildman–Crippen MR) is 132 cm³/mol. The van der Waals surface area contributed by atoms with Crippen molar-refractivity contribution in [3.63, 3.8) is 0 Å². The Kier molecular flexibility index (Phi) is 9.00. The normalized spacial score (nSPS) is 21.1. The Morgan fingerprint density at radius 1 is 1.20 bits per heavy atom. The summed E-state index contributed by atoms with van der Waals surface area (Å²) in [6, 6.07) is 5.04.